The monoisotopic (exact) mass is 351 g/mol. The van der Waals surface area contributed by atoms with Crippen molar-refractivity contribution in [2.45, 2.75) is 6.42 Å². The summed E-state index contributed by atoms with van der Waals surface area (Å²) in [5.74, 6) is 0.779. The molecule has 3 aromatic rings. The van der Waals surface area contributed by atoms with Crippen LogP contribution in [0.3, 0.4) is 0 Å². The van der Waals surface area contributed by atoms with Gasteiger partial charge in [0.05, 0.1) is 6.42 Å². The molecule has 1 aromatic heterocycles. The highest BCUT2D eigenvalue weighted by atomic mass is 16.5. The maximum atomic E-state index is 12.4. The van der Waals surface area contributed by atoms with Crippen LogP contribution in [0, 0.1) is 0 Å². The van der Waals surface area contributed by atoms with Gasteiger partial charge in [0.2, 0.25) is 5.91 Å². The Morgan fingerprint density at radius 3 is 2.58 bits per heavy atom. The molecule has 0 fully saturated rings. The Balaban J connectivity index is 1.59. The number of nitrogens with one attached hydrogen (secondary N) is 1. The van der Waals surface area contributed by atoms with Crippen LogP contribution in [0.2, 0.25) is 0 Å². The lowest BCUT2D eigenvalue weighted by Crippen LogP contribution is -2.19. The molecule has 2 aromatic carbocycles. The van der Waals surface area contributed by atoms with Crippen molar-refractivity contribution in [3.8, 4) is 5.75 Å². The molecule has 0 saturated carbocycles. The number of likely N-dealkylation sites (N-methyl/N-ethyl adjacent to an activating group) is 1. The molecular weight excluding hydrogens is 326 g/mol. The van der Waals surface area contributed by atoms with Crippen molar-refractivity contribution >= 4 is 22.5 Å². The fourth-order valence-corrected chi connectivity index (χ4v) is 2.93. The number of ether oxygens (including phenoxy) is 1. The number of hydrogen-bond acceptors (Lipinski definition) is 3. The van der Waals surface area contributed by atoms with Crippen LogP contribution in [0.1, 0.15) is 5.56 Å². The minimum atomic E-state index is -0.0253. The molecule has 5 heteroatoms. The lowest BCUT2D eigenvalue weighted by molar-refractivity contribution is -0.115. The number of benzene rings is 2. The van der Waals surface area contributed by atoms with Gasteiger partial charge in [-0.1, -0.05) is 18.2 Å². The quantitative estimate of drug-likeness (QED) is 0.710. The predicted octanol–water partition coefficient (Wildman–Crippen LogP) is 3.30. The highest BCUT2D eigenvalue weighted by Crippen LogP contribution is 2.21. The van der Waals surface area contributed by atoms with Crippen LogP contribution < -0.4 is 10.1 Å². The molecule has 0 unspecified atom stereocenters. The van der Waals surface area contributed by atoms with E-state index in [4.69, 9.17) is 4.74 Å². The van der Waals surface area contributed by atoms with Crippen LogP contribution >= 0.6 is 0 Å². The molecule has 0 bridgehead atoms. The molecular formula is C21H25N3O2. The van der Waals surface area contributed by atoms with E-state index in [1.807, 2.05) is 63.7 Å². The molecule has 1 amide bonds. The Kier molecular flexibility index (Phi) is 5.58. The molecule has 0 radical (unpaired) electrons. The average Bonchev–Trinajstić information content (AvgIpc) is 2.92. The second-order valence-corrected chi connectivity index (χ2v) is 6.68. The van der Waals surface area contributed by atoms with Crippen LogP contribution in [0.5, 0.6) is 5.75 Å². The first-order chi connectivity index (χ1) is 12.5. The fraction of sp³-hybridized carbons (Fsp3) is 0.286. The van der Waals surface area contributed by atoms with Gasteiger partial charge in [-0.3, -0.25) is 4.79 Å². The summed E-state index contributed by atoms with van der Waals surface area (Å²) in [5.41, 5.74) is 2.94. The number of carbonyl (C=O) groups is 1. The SMILES string of the molecule is CN(C)CCOc1ccc(NC(=O)Cc2cn(C)c3ccccc23)cc1. The number of hydrogen-bond donors (Lipinski definition) is 1. The molecule has 5 nitrogen and oxygen atoms in total. The number of aryl methyl sites for hydroxylation is 1. The third kappa shape index (κ3) is 4.43. The number of rotatable bonds is 7. The molecule has 0 aliphatic heterocycles. The summed E-state index contributed by atoms with van der Waals surface area (Å²) in [4.78, 5) is 14.5. The Labute approximate surface area is 154 Å². The fourth-order valence-electron chi connectivity index (χ4n) is 2.93. The van der Waals surface area contributed by atoms with E-state index >= 15 is 0 Å². The first kappa shape index (κ1) is 18.0. The maximum Gasteiger partial charge on any atom is 0.228 e. The van der Waals surface area contributed by atoms with E-state index in [9.17, 15) is 4.79 Å². The topological polar surface area (TPSA) is 46.5 Å². The maximum absolute atomic E-state index is 12.4. The van der Waals surface area contributed by atoms with E-state index in [1.165, 1.54) is 0 Å². The number of amides is 1. The zero-order chi connectivity index (χ0) is 18.5. The zero-order valence-corrected chi connectivity index (χ0v) is 15.5. The van der Waals surface area contributed by atoms with Gasteiger partial charge in [-0.2, -0.15) is 0 Å². The minimum Gasteiger partial charge on any atom is -0.492 e. The number of anilines is 1. The van der Waals surface area contributed by atoms with Crippen molar-refractivity contribution in [3.05, 3.63) is 60.3 Å². The van der Waals surface area contributed by atoms with Gasteiger partial charge in [0.1, 0.15) is 12.4 Å². The highest BCUT2D eigenvalue weighted by Gasteiger charge is 2.10. The number of para-hydroxylation sites is 1. The summed E-state index contributed by atoms with van der Waals surface area (Å²) in [5, 5.41) is 4.07. The van der Waals surface area contributed by atoms with E-state index in [0.717, 1.165) is 34.4 Å². The first-order valence-corrected chi connectivity index (χ1v) is 8.73. The molecule has 0 aliphatic rings. The summed E-state index contributed by atoms with van der Waals surface area (Å²) >= 11 is 0. The Bertz CT molecular complexity index is 882. The van der Waals surface area contributed by atoms with Gasteiger partial charge in [-0.15, -0.1) is 0 Å². The van der Waals surface area contributed by atoms with Crippen molar-refractivity contribution in [3.63, 3.8) is 0 Å². The van der Waals surface area contributed by atoms with Crippen LogP contribution in [-0.2, 0) is 18.3 Å². The van der Waals surface area contributed by atoms with E-state index in [1.54, 1.807) is 0 Å². The number of fused-ring (bicyclic) bond motifs is 1. The largest absolute Gasteiger partial charge is 0.492 e. The van der Waals surface area contributed by atoms with E-state index in [0.29, 0.717) is 13.0 Å². The van der Waals surface area contributed by atoms with Crippen LogP contribution in [-0.4, -0.2) is 42.6 Å². The third-order valence-corrected chi connectivity index (χ3v) is 4.28. The van der Waals surface area contributed by atoms with Crippen molar-refractivity contribution in [2.24, 2.45) is 7.05 Å². The standard InChI is InChI=1S/C21H25N3O2/c1-23(2)12-13-26-18-10-8-17(9-11-18)22-21(25)14-16-15-24(3)20-7-5-4-6-19(16)20/h4-11,15H,12-14H2,1-3H3,(H,22,25). The van der Waals surface area contributed by atoms with E-state index < -0.39 is 0 Å². The van der Waals surface area contributed by atoms with Crippen molar-refractivity contribution in [2.75, 3.05) is 32.6 Å². The number of nitrogens with zero attached hydrogens (tertiary/aromatic N) is 2. The van der Waals surface area contributed by atoms with Crippen LogP contribution in [0.25, 0.3) is 10.9 Å². The summed E-state index contributed by atoms with van der Waals surface area (Å²) in [6, 6.07) is 15.6. The molecule has 1 N–H and O–H groups in total. The zero-order valence-electron chi connectivity index (χ0n) is 15.5. The first-order valence-electron chi connectivity index (χ1n) is 8.73. The van der Waals surface area contributed by atoms with Crippen LogP contribution in [0.4, 0.5) is 5.69 Å². The van der Waals surface area contributed by atoms with Crippen molar-refractivity contribution in [1.29, 1.82) is 0 Å². The number of carbonyl (C=O) groups excluding carboxylic acids is 1. The smallest absolute Gasteiger partial charge is 0.228 e. The molecule has 136 valence electrons. The Hall–Kier alpha value is -2.79. The van der Waals surface area contributed by atoms with Gasteiger partial charge >= 0.3 is 0 Å². The molecule has 26 heavy (non-hydrogen) atoms. The van der Waals surface area contributed by atoms with Gasteiger partial charge in [0, 0.05) is 36.4 Å². The molecule has 0 aliphatic carbocycles. The van der Waals surface area contributed by atoms with Crippen molar-refractivity contribution in [1.82, 2.24) is 9.47 Å². The summed E-state index contributed by atoms with van der Waals surface area (Å²) in [6.45, 7) is 1.50. The van der Waals surface area contributed by atoms with Gasteiger partial charge in [0.15, 0.2) is 0 Å². The van der Waals surface area contributed by atoms with Crippen molar-refractivity contribution < 1.29 is 9.53 Å². The lowest BCUT2D eigenvalue weighted by Gasteiger charge is -2.11. The van der Waals surface area contributed by atoms with E-state index in [2.05, 4.69) is 26.9 Å². The van der Waals surface area contributed by atoms with Gasteiger partial charge in [-0.25, -0.2) is 0 Å². The third-order valence-electron chi connectivity index (χ3n) is 4.28. The minimum absolute atomic E-state index is 0.0253. The molecule has 0 saturated heterocycles. The summed E-state index contributed by atoms with van der Waals surface area (Å²) in [7, 11) is 6.02. The van der Waals surface area contributed by atoms with Crippen LogP contribution in [0.15, 0.2) is 54.7 Å². The second-order valence-electron chi connectivity index (χ2n) is 6.68. The van der Waals surface area contributed by atoms with Gasteiger partial charge < -0.3 is 19.5 Å². The molecule has 1 heterocycles. The lowest BCUT2D eigenvalue weighted by atomic mass is 10.1. The summed E-state index contributed by atoms with van der Waals surface area (Å²) in [6.07, 6.45) is 2.37. The average molecular weight is 351 g/mol. The molecule has 0 spiro atoms. The second kappa shape index (κ2) is 8.06. The Morgan fingerprint density at radius 1 is 1.12 bits per heavy atom. The highest BCUT2D eigenvalue weighted by molar-refractivity contribution is 5.96. The molecule has 3 rings (SSSR count). The normalized spacial score (nSPS) is 11.1. The predicted molar refractivity (Wildman–Crippen MR) is 106 cm³/mol. The van der Waals surface area contributed by atoms with Gasteiger partial charge in [0.25, 0.3) is 0 Å². The Morgan fingerprint density at radius 2 is 1.85 bits per heavy atom. The molecule has 0 atom stereocenters. The van der Waals surface area contributed by atoms with E-state index in [-0.39, 0.29) is 5.91 Å². The number of aromatic nitrogens is 1. The summed E-state index contributed by atoms with van der Waals surface area (Å²) < 4.78 is 7.72. The van der Waals surface area contributed by atoms with Gasteiger partial charge in [-0.05, 0) is 50.0 Å².